The highest BCUT2D eigenvalue weighted by Crippen LogP contribution is 2.19. The van der Waals surface area contributed by atoms with Gasteiger partial charge in [0.1, 0.15) is 5.82 Å². The number of halogens is 2. The Hall–Kier alpha value is -1.36. The number of aryl methyl sites for hydroxylation is 2. The van der Waals surface area contributed by atoms with E-state index in [9.17, 15) is 4.39 Å². The molecule has 0 saturated carbocycles. The van der Waals surface area contributed by atoms with Crippen molar-refractivity contribution in [1.29, 1.82) is 0 Å². The minimum absolute atomic E-state index is 0.265. The van der Waals surface area contributed by atoms with E-state index in [1.165, 1.54) is 6.07 Å². The molecule has 0 aliphatic carbocycles. The van der Waals surface area contributed by atoms with Crippen molar-refractivity contribution in [2.24, 2.45) is 7.05 Å². The van der Waals surface area contributed by atoms with E-state index in [0.29, 0.717) is 12.2 Å². The summed E-state index contributed by atoms with van der Waals surface area (Å²) in [6.07, 6.45) is 0. The van der Waals surface area contributed by atoms with Crippen molar-refractivity contribution in [3.63, 3.8) is 0 Å². The molecule has 0 aliphatic heterocycles. The first-order valence-corrected chi connectivity index (χ1v) is 6.04. The van der Waals surface area contributed by atoms with E-state index in [4.69, 9.17) is 0 Å². The van der Waals surface area contributed by atoms with Crippen molar-refractivity contribution in [2.45, 2.75) is 13.5 Å². The van der Waals surface area contributed by atoms with Gasteiger partial charge in [-0.25, -0.2) is 4.39 Å². The Morgan fingerprint density at radius 3 is 2.76 bits per heavy atom. The third-order valence-corrected chi connectivity index (χ3v) is 2.98. The van der Waals surface area contributed by atoms with Gasteiger partial charge in [-0.2, -0.15) is 5.10 Å². The Kier molecular flexibility index (Phi) is 3.47. The van der Waals surface area contributed by atoms with Crippen molar-refractivity contribution in [1.82, 2.24) is 9.78 Å². The standard InChI is InChI=1S/C12H13BrFN3/c1-8-5-10(17(2)16-8)7-15-12-4-3-9(13)6-11(12)14/h3-6,15H,7H2,1-2H3. The third kappa shape index (κ3) is 2.85. The zero-order valence-corrected chi connectivity index (χ0v) is 11.3. The average Bonchev–Trinajstić information content (AvgIpc) is 2.56. The molecule has 0 saturated heterocycles. The molecule has 1 aromatic heterocycles. The zero-order chi connectivity index (χ0) is 12.4. The van der Waals surface area contributed by atoms with Gasteiger partial charge in [0.2, 0.25) is 0 Å². The number of anilines is 1. The van der Waals surface area contributed by atoms with Crippen molar-refractivity contribution in [2.75, 3.05) is 5.32 Å². The molecule has 0 atom stereocenters. The summed E-state index contributed by atoms with van der Waals surface area (Å²) in [6.45, 7) is 2.49. The molecular formula is C12H13BrFN3. The van der Waals surface area contributed by atoms with Crippen LogP contribution in [-0.2, 0) is 13.6 Å². The molecule has 17 heavy (non-hydrogen) atoms. The van der Waals surface area contributed by atoms with E-state index < -0.39 is 0 Å². The van der Waals surface area contributed by atoms with Crippen LogP contribution in [0.3, 0.4) is 0 Å². The second kappa shape index (κ2) is 4.87. The average molecular weight is 298 g/mol. The third-order valence-electron chi connectivity index (χ3n) is 2.49. The molecule has 1 heterocycles. The lowest BCUT2D eigenvalue weighted by Crippen LogP contribution is -2.06. The molecule has 0 aliphatic rings. The van der Waals surface area contributed by atoms with Crippen LogP contribution in [0.25, 0.3) is 0 Å². The molecule has 2 rings (SSSR count). The molecule has 0 radical (unpaired) electrons. The van der Waals surface area contributed by atoms with E-state index in [1.807, 2.05) is 20.0 Å². The van der Waals surface area contributed by atoms with Gasteiger partial charge in [0.05, 0.1) is 23.6 Å². The fourth-order valence-corrected chi connectivity index (χ4v) is 1.98. The first-order chi connectivity index (χ1) is 8.06. The summed E-state index contributed by atoms with van der Waals surface area (Å²) in [6, 6.07) is 6.93. The van der Waals surface area contributed by atoms with Gasteiger partial charge in [0, 0.05) is 11.5 Å². The molecule has 1 aromatic carbocycles. The molecule has 1 N–H and O–H groups in total. The van der Waals surface area contributed by atoms with Crippen LogP contribution in [0, 0.1) is 12.7 Å². The molecule has 0 unspecified atom stereocenters. The summed E-state index contributed by atoms with van der Waals surface area (Å²) < 4.78 is 16.1. The first-order valence-electron chi connectivity index (χ1n) is 5.24. The molecule has 2 aromatic rings. The number of benzene rings is 1. The Labute approximate surface area is 108 Å². The quantitative estimate of drug-likeness (QED) is 0.942. The Balaban J connectivity index is 2.10. The van der Waals surface area contributed by atoms with E-state index in [-0.39, 0.29) is 5.82 Å². The van der Waals surface area contributed by atoms with E-state index in [0.717, 1.165) is 15.9 Å². The number of aromatic nitrogens is 2. The lowest BCUT2D eigenvalue weighted by molar-refractivity contribution is 0.628. The van der Waals surface area contributed by atoms with Gasteiger partial charge in [-0.3, -0.25) is 4.68 Å². The molecule has 90 valence electrons. The maximum absolute atomic E-state index is 13.5. The number of nitrogens with one attached hydrogen (secondary N) is 1. The number of rotatable bonds is 3. The molecule has 0 bridgehead atoms. The van der Waals surface area contributed by atoms with Crippen LogP contribution < -0.4 is 5.32 Å². The molecule has 0 spiro atoms. The smallest absolute Gasteiger partial charge is 0.147 e. The largest absolute Gasteiger partial charge is 0.377 e. The van der Waals surface area contributed by atoms with Crippen LogP contribution in [-0.4, -0.2) is 9.78 Å². The summed E-state index contributed by atoms with van der Waals surface area (Å²) in [5.74, 6) is -0.265. The van der Waals surface area contributed by atoms with Gasteiger partial charge < -0.3 is 5.32 Å². The van der Waals surface area contributed by atoms with Crippen LogP contribution in [0.15, 0.2) is 28.7 Å². The normalized spacial score (nSPS) is 10.6. The lowest BCUT2D eigenvalue weighted by Gasteiger charge is -2.07. The Morgan fingerprint density at radius 2 is 2.18 bits per heavy atom. The van der Waals surface area contributed by atoms with Crippen molar-refractivity contribution < 1.29 is 4.39 Å². The van der Waals surface area contributed by atoms with Gasteiger partial charge in [0.25, 0.3) is 0 Å². The summed E-state index contributed by atoms with van der Waals surface area (Å²) in [5, 5.41) is 7.29. The number of nitrogens with zero attached hydrogens (tertiary/aromatic N) is 2. The summed E-state index contributed by atoms with van der Waals surface area (Å²) in [4.78, 5) is 0. The Bertz CT molecular complexity index is 537. The van der Waals surface area contributed by atoms with E-state index in [1.54, 1.807) is 16.8 Å². The van der Waals surface area contributed by atoms with Crippen LogP contribution in [0.1, 0.15) is 11.4 Å². The molecule has 3 nitrogen and oxygen atoms in total. The van der Waals surface area contributed by atoms with Gasteiger partial charge >= 0.3 is 0 Å². The minimum Gasteiger partial charge on any atom is -0.377 e. The predicted molar refractivity (Wildman–Crippen MR) is 69.4 cm³/mol. The van der Waals surface area contributed by atoms with Crippen LogP contribution in [0.5, 0.6) is 0 Å². The fourth-order valence-electron chi connectivity index (χ4n) is 1.65. The van der Waals surface area contributed by atoms with Gasteiger partial charge in [-0.05, 0) is 31.2 Å². The van der Waals surface area contributed by atoms with Gasteiger partial charge in [0.15, 0.2) is 0 Å². The monoisotopic (exact) mass is 297 g/mol. The molecule has 5 heteroatoms. The highest BCUT2D eigenvalue weighted by molar-refractivity contribution is 9.10. The predicted octanol–water partition coefficient (Wildman–Crippen LogP) is 3.24. The van der Waals surface area contributed by atoms with Crippen LogP contribution >= 0.6 is 15.9 Å². The first kappa shape index (κ1) is 12.1. The highest BCUT2D eigenvalue weighted by atomic mass is 79.9. The topological polar surface area (TPSA) is 29.9 Å². The van der Waals surface area contributed by atoms with Crippen molar-refractivity contribution >= 4 is 21.6 Å². The maximum atomic E-state index is 13.5. The lowest BCUT2D eigenvalue weighted by atomic mass is 10.3. The van der Waals surface area contributed by atoms with Crippen molar-refractivity contribution in [3.8, 4) is 0 Å². The van der Waals surface area contributed by atoms with Crippen LogP contribution in [0.4, 0.5) is 10.1 Å². The SMILES string of the molecule is Cc1cc(CNc2ccc(Br)cc2F)n(C)n1. The molecule has 0 fully saturated rings. The summed E-state index contributed by atoms with van der Waals surface area (Å²) >= 11 is 3.23. The van der Waals surface area contributed by atoms with Gasteiger partial charge in [-0.1, -0.05) is 15.9 Å². The summed E-state index contributed by atoms with van der Waals surface area (Å²) in [7, 11) is 1.88. The van der Waals surface area contributed by atoms with Gasteiger partial charge in [-0.15, -0.1) is 0 Å². The maximum Gasteiger partial charge on any atom is 0.147 e. The Morgan fingerprint density at radius 1 is 1.41 bits per heavy atom. The van der Waals surface area contributed by atoms with Crippen LogP contribution in [0.2, 0.25) is 0 Å². The number of hydrogen-bond acceptors (Lipinski definition) is 2. The summed E-state index contributed by atoms with van der Waals surface area (Å²) in [5.41, 5.74) is 2.47. The number of hydrogen-bond donors (Lipinski definition) is 1. The zero-order valence-electron chi connectivity index (χ0n) is 9.67. The second-order valence-electron chi connectivity index (χ2n) is 3.88. The van der Waals surface area contributed by atoms with E-state index in [2.05, 4.69) is 26.3 Å². The minimum atomic E-state index is -0.265. The van der Waals surface area contributed by atoms with Crippen molar-refractivity contribution in [3.05, 3.63) is 45.9 Å². The fraction of sp³-hybridized carbons (Fsp3) is 0.250. The molecule has 0 amide bonds. The molecular weight excluding hydrogens is 285 g/mol. The van der Waals surface area contributed by atoms with E-state index >= 15 is 0 Å². The highest BCUT2D eigenvalue weighted by Gasteiger charge is 2.05. The second-order valence-corrected chi connectivity index (χ2v) is 4.79.